The Bertz CT molecular complexity index is 1050. The summed E-state index contributed by atoms with van der Waals surface area (Å²) >= 11 is 0. The van der Waals surface area contributed by atoms with E-state index in [1.54, 1.807) is 0 Å². The van der Waals surface area contributed by atoms with Gasteiger partial charge < -0.3 is 0 Å². The van der Waals surface area contributed by atoms with Crippen molar-refractivity contribution in [1.29, 1.82) is 0 Å². The van der Waals surface area contributed by atoms with Crippen molar-refractivity contribution in [1.82, 2.24) is 0 Å². The van der Waals surface area contributed by atoms with Crippen molar-refractivity contribution in [2.75, 3.05) is 0 Å². The fourth-order valence-electron chi connectivity index (χ4n) is 3.44. The highest BCUT2D eigenvalue weighted by atomic mass is 14.2. The van der Waals surface area contributed by atoms with Crippen molar-refractivity contribution in [2.24, 2.45) is 0 Å². The van der Waals surface area contributed by atoms with Crippen molar-refractivity contribution in [3.8, 4) is 11.8 Å². The van der Waals surface area contributed by atoms with Crippen LogP contribution in [0.2, 0.25) is 0 Å². The molecule has 23 heavy (non-hydrogen) atoms. The Labute approximate surface area is 136 Å². The maximum absolute atomic E-state index is 3.35. The van der Waals surface area contributed by atoms with Gasteiger partial charge in [-0.2, -0.15) is 0 Å². The first-order valence-corrected chi connectivity index (χ1v) is 7.80. The van der Waals surface area contributed by atoms with Gasteiger partial charge in [0, 0.05) is 5.56 Å². The van der Waals surface area contributed by atoms with Crippen molar-refractivity contribution >= 4 is 32.3 Å². The summed E-state index contributed by atoms with van der Waals surface area (Å²) in [5.41, 5.74) is 1.09. The second-order valence-electron chi connectivity index (χ2n) is 5.89. The molecule has 0 unspecified atom stereocenters. The minimum Gasteiger partial charge on any atom is -0.0888 e. The lowest BCUT2D eigenvalue weighted by Gasteiger charge is -2.11. The average molecular weight is 289 g/mol. The molecule has 1 aliphatic carbocycles. The molecule has 1 aliphatic rings. The van der Waals surface area contributed by atoms with Crippen molar-refractivity contribution < 1.29 is 0 Å². The van der Waals surface area contributed by atoms with Crippen LogP contribution in [-0.2, 0) is 0 Å². The van der Waals surface area contributed by atoms with Gasteiger partial charge in [0.25, 0.3) is 0 Å². The Kier molecular flexibility index (Phi) is 2.82. The molecule has 1 fully saturated rings. The molecule has 0 bridgehead atoms. The van der Waals surface area contributed by atoms with E-state index in [0.717, 1.165) is 11.5 Å². The highest BCUT2D eigenvalue weighted by Gasteiger charge is 2.14. The molecule has 5 rings (SSSR count). The molecule has 0 heterocycles. The zero-order valence-corrected chi connectivity index (χ0v) is 12.5. The van der Waals surface area contributed by atoms with Crippen LogP contribution in [0, 0.1) is 43.4 Å². The van der Waals surface area contributed by atoms with Gasteiger partial charge in [0.1, 0.15) is 0 Å². The van der Waals surface area contributed by atoms with Crippen LogP contribution < -0.4 is 0 Å². The molecule has 5 radical (unpaired) electrons. The predicted molar refractivity (Wildman–Crippen MR) is 97.5 cm³/mol. The monoisotopic (exact) mass is 289 g/mol. The normalized spacial score (nSPS) is 15.5. The summed E-state index contributed by atoms with van der Waals surface area (Å²) in [4.78, 5) is 0. The molecule has 0 heteroatoms. The fraction of sp³-hybridized carbons (Fsp3) is 0. The average Bonchev–Trinajstić information content (AvgIpc) is 3.12. The first-order valence-electron chi connectivity index (χ1n) is 7.80. The Hall–Kier alpha value is -2.52. The summed E-state index contributed by atoms with van der Waals surface area (Å²) in [5.74, 6) is 7.68. The van der Waals surface area contributed by atoms with Gasteiger partial charge in [0.05, 0.1) is 5.92 Å². The highest BCUT2D eigenvalue weighted by Crippen LogP contribution is 2.35. The van der Waals surface area contributed by atoms with Crippen LogP contribution in [-0.4, -0.2) is 0 Å². The quantitative estimate of drug-likeness (QED) is 0.303. The molecule has 0 saturated heterocycles. The first kappa shape index (κ1) is 13.0. The van der Waals surface area contributed by atoms with Crippen LogP contribution >= 0.6 is 0 Å². The molecular formula is C23H13. The molecular weight excluding hydrogens is 276 g/mol. The lowest BCUT2D eigenvalue weighted by molar-refractivity contribution is 1.43. The van der Waals surface area contributed by atoms with Crippen LogP contribution in [0.25, 0.3) is 32.3 Å². The smallest absolute Gasteiger partial charge is 0.0558 e. The maximum atomic E-state index is 3.35. The Morgan fingerprint density at radius 3 is 2.00 bits per heavy atom. The van der Waals surface area contributed by atoms with Crippen LogP contribution in [0.3, 0.4) is 0 Å². The van der Waals surface area contributed by atoms with Crippen LogP contribution in [0.4, 0.5) is 0 Å². The molecule has 0 atom stereocenters. The SMILES string of the molecule is C(#Cc1ccc2ccc3cccc4ccc1c2c34)[C]1[CH][CH][CH][CH]1. The second-order valence-corrected chi connectivity index (χ2v) is 5.89. The second kappa shape index (κ2) is 5.00. The van der Waals surface area contributed by atoms with E-state index in [0.29, 0.717) is 0 Å². The third-order valence-corrected chi connectivity index (χ3v) is 4.53. The highest BCUT2D eigenvalue weighted by molar-refractivity contribution is 6.23. The Morgan fingerprint density at radius 1 is 0.565 bits per heavy atom. The van der Waals surface area contributed by atoms with Crippen molar-refractivity contribution in [2.45, 2.75) is 0 Å². The van der Waals surface area contributed by atoms with Gasteiger partial charge in [-0.15, -0.1) is 0 Å². The number of benzene rings is 4. The summed E-state index contributed by atoms with van der Waals surface area (Å²) in [6.45, 7) is 0. The van der Waals surface area contributed by atoms with Crippen molar-refractivity contribution in [3.63, 3.8) is 0 Å². The topological polar surface area (TPSA) is 0 Å². The molecule has 0 aromatic heterocycles. The number of hydrogen-bond acceptors (Lipinski definition) is 0. The predicted octanol–water partition coefficient (Wildman–Crippen LogP) is 5.34. The van der Waals surface area contributed by atoms with E-state index in [-0.39, 0.29) is 0 Å². The summed E-state index contributed by atoms with van der Waals surface area (Å²) in [5, 5.41) is 7.78. The number of hydrogen-bond donors (Lipinski definition) is 0. The van der Waals surface area contributed by atoms with Crippen LogP contribution in [0.5, 0.6) is 0 Å². The Morgan fingerprint density at radius 2 is 1.22 bits per heavy atom. The van der Waals surface area contributed by atoms with Gasteiger partial charge in [-0.25, -0.2) is 0 Å². The van der Waals surface area contributed by atoms with E-state index in [1.165, 1.54) is 32.3 Å². The molecule has 1 saturated carbocycles. The van der Waals surface area contributed by atoms with Gasteiger partial charge in [0.15, 0.2) is 0 Å². The largest absolute Gasteiger partial charge is 0.0888 e. The zero-order chi connectivity index (χ0) is 15.2. The minimum absolute atomic E-state index is 1.07. The summed E-state index contributed by atoms with van der Waals surface area (Å²) in [6.07, 6.45) is 8.13. The molecule has 0 aliphatic heterocycles. The van der Waals surface area contributed by atoms with Gasteiger partial charge >= 0.3 is 0 Å². The van der Waals surface area contributed by atoms with Crippen LogP contribution in [0.15, 0.2) is 54.6 Å². The zero-order valence-electron chi connectivity index (χ0n) is 12.5. The third-order valence-electron chi connectivity index (χ3n) is 4.53. The summed E-state index contributed by atoms with van der Waals surface area (Å²) in [6, 6.07) is 19.6. The van der Waals surface area contributed by atoms with Gasteiger partial charge in [-0.1, -0.05) is 60.4 Å². The fourth-order valence-corrected chi connectivity index (χ4v) is 3.44. The molecule has 0 N–H and O–H groups in total. The van der Waals surface area contributed by atoms with E-state index in [1.807, 2.05) is 25.7 Å². The number of rotatable bonds is 0. The van der Waals surface area contributed by atoms with Gasteiger partial charge in [0.2, 0.25) is 0 Å². The standard InChI is InChI=1S/C23H13/c1-2-5-16(4-1)8-9-17-10-11-20-13-12-18-6-3-7-19-14-15-21(17)23(20)22(18)19/h1-7,10-15H. The molecule has 0 nitrogen and oxygen atoms in total. The van der Waals surface area contributed by atoms with Crippen LogP contribution in [0.1, 0.15) is 5.56 Å². The van der Waals surface area contributed by atoms with Gasteiger partial charge in [-0.05, 0) is 64.1 Å². The molecule has 0 amide bonds. The summed E-state index contributed by atoms with van der Waals surface area (Å²) < 4.78 is 0. The van der Waals surface area contributed by atoms with E-state index in [4.69, 9.17) is 0 Å². The lowest BCUT2D eigenvalue weighted by Crippen LogP contribution is -1.88. The Balaban J connectivity index is 1.80. The molecule has 4 aromatic rings. The van der Waals surface area contributed by atoms with Gasteiger partial charge in [-0.3, -0.25) is 0 Å². The lowest BCUT2D eigenvalue weighted by atomic mass is 9.92. The van der Waals surface area contributed by atoms with Crippen molar-refractivity contribution in [3.05, 3.63) is 91.8 Å². The minimum atomic E-state index is 1.07. The maximum Gasteiger partial charge on any atom is 0.0558 e. The third kappa shape index (κ3) is 2.01. The molecule has 105 valence electrons. The van der Waals surface area contributed by atoms with E-state index >= 15 is 0 Å². The molecule has 0 spiro atoms. The van der Waals surface area contributed by atoms with E-state index in [2.05, 4.69) is 66.4 Å². The van der Waals surface area contributed by atoms with E-state index in [9.17, 15) is 0 Å². The molecule has 4 aromatic carbocycles. The summed E-state index contributed by atoms with van der Waals surface area (Å²) in [7, 11) is 0. The van der Waals surface area contributed by atoms with E-state index < -0.39 is 0 Å². The first-order chi connectivity index (χ1) is 11.4.